The zero-order chi connectivity index (χ0) is 14.0. The summed E-state index contributed by atoms with van der Waals surface area (Å²) in [4.78, 5) is 0. The molecule has 2 aromatic rings. The molecule has 0 radical (unpaired) electrons. The average Bonchev–Trinajstić information content (AvgIpc) is 2.39. The van der Waals surface area contributed by atoms with E-state index in [0.29, 0.717) is 5.56 Å². The molecular weight excluding hydrogens is 232 g/mol. The molecule has 0 aliphatic rings. The van der Waals surface area contributed by atoms with Gasteiger partial charge in [0.25, 0.3) is 0 Å². The summed E-state index contributed by atoms with van der Waals surface area (Å²) in [6.45, 7) is 6.31. The number of hydrogen-bond acceptors (Lipinski definition) is 2. The predicted octanol–water partition coefficient (Wildman–Crippen LogP) is 4.19. The van der Waals surface area contributed by atoms with Crippen molar-refractivity contribution in [3.8, 4) is 17.2 Å². The predicted molar refractivity (Wildman–Crippen MR) is 80.4 cm³/mol. The fraction of sp³-hybridized carbons (Fsp3) is 0.235. The van der Waals surface area contributed by atoms with Crippen molar-refractivity contribution >= 4 is 5.69 Å². The van der Waals surface area contributed by atoms with Crippen molar-refractivity contribution < 1.29 is 0 Å². The molecule has 0 unspecified atom stereocenters. The Morgan fingerprint density at radius 3 is 2.05 bits per heavy atom. The van der Waals surface area contributed by atoms with Gasteiger partial charge >= 0.3 is 0 Å². The highest BCUT2D eigenvalue weighted by molar-refractivity contribution is 5.76. The smallest absolute Gasteiger partial charge is 0.0991 e. The molecule has 2 rings (SSSR count). The molecule has 1 N–H and O–H groups in total. The minimum Gasteiger partial charge on any atom is -0.388 e. The first kappa shape index (κ1) is 13.2. The van der Waals surface area contributed by atoms with Gasteiger partial charge in [0.15, 0.2) is 0 Å². The first-order valence-corrected chi connectivity index (χ1v) is 6.37. The average molecular weight is 250 g/mol. The molecule has 0 fully saturated rings. The van der Waals surface area contributed by atoms with E-state index in [1.54, 1.807) is 0 Å². The van der Waals surface area contributed by atoms with Crippen molar-refractivity contribution in [3.63, 3.8) is 0 Å². The van der Waals surface area contributed by atoms with Crippen LogP contribution < -0.4 is 5.32 Å². The van der Waals surface area contributed by atoms with Crippen LogP contribution in [-0.2, 0) is 0 Å². The number of aryl methyl sites for hydroxylation is 3. The van der Waals surface area contributed by atoms with Crippen LogP contribution in [-0.4, -0.2) is 7.05 Å². The number of anilines is 1. The highest BCUT2D eigenvalue weighted by atomic mass is 14.8. The van der Waals surface area contributed by atoms with Crippen molar-refractivity contribution in [2.45, 2.75) is 20.8 Å². The van der Waals surface area contributed by atoms with Crippen LogP contribution in [0.4, 0.5) is 5.69 Å². The Morgan fingerprint density at radius 2 is 1.58 bits per heavy atom. The molecule has 0 atom stereocenters. The molecule has 0 saturated carbocycles. The Balaban J connectivity index is 2.63. The van der Waals surface area contributed by atoms with Crippen LogP contribution in [0.25, 0.3) is 11.1 Å². The van der Waals surface area contributed by atoms with Gasteiger partial charge in [0, 0.05) is 12.7 Å². The van der Waals surface area contributed by atoms with Crippen LogP contribution in [0, 0.1) is 32.1 Å². The Hall–Kier alpha value is -2.27. The van der Waals surface area contributed by atoms with Crippen molar-refractivity contribution in [1.29, 1.82) is 5.26 Å². The quantitative estimate of drug-likeness (QED) is 0.867. The molecule has 0 aliphatic carbocycles. The van der Waals surface area contributed by atoms with Crippen LogP contribution in [0.3, 0.4) is 0 Å². The second-order valence-corrected chi connectivity index (χ2v) is 4.88. The van der Waals surface area contributed by atoms with Gasteiger partial charge in [0.2, 0.25) is 0 Å². The van der Waals surface area contributed by atoms with Gasteiger partial charge in [0.05, 0.1) is 11.6 Å². The summed E-state index contributed by atoms with van der Waals surface area (Å²) in [5.74, 6) is 0. The van der Waals surface area contributed by atoms with Crippen molar-refractivity contribution in [3.05, 3.63) is 52.6 Å². The number of nitrogens with one attached hydrogen (secondary N) is 1. The lowest BCUT2D eigenvalue weighted by atomic mass is 9.91. The van der Waals surface area contributed by atoms with E-state index in [9.17, 15) is 0 Å². The third-order valence-corrected chi connectivity index (χ3v) is 3.45. The highest BCUT2D eigenvalue weighted by Crippen LogP contribution is 2.32. The van der Waals surface area contributed by atoms with E-state index in [-0.39, 0.29) is 0 Å². The summed E-state index contributed by atoms with van der Waals surface area (Å²) in [6, 6.07) is 12.4. The summed E-state index contributed by atoms with van der Waals surface area (Å²) in [6.07, 6.45) is 0. The summed E-state index contributed by atoms with van der Waals surface area (Å²) >= 11 is 0. The molecule has 0 heterocycles. The van der Waals surface area contributed by atoms with Gasteiger partial charge in [0.1, 0.15) is 0 Å². The van der Waals surface area contributed by atoms with E-state index in [4.69, 9.17) is 5.26 Å². The minimum absolute atomic E-state index is 0.711. The second kappa shape index (κ2) is 5.16. The summed E-state index contributed by atoms with van der Waals surface area (Å²) < 4.78 is 0. The molecule has 2 aromatic carbocycles. The maximum absolute atomic E-state index is 8.94. The standard InChI is InChI=1S/C17H18N2/c1-11-7-14(10-18)5-6-16(11)17-12(2)8-15(19-4)9-13(17)3/h5-9,19H,1-4H3. The van der Waals surface area contributed by atoms with Gasteiger partial charge in [-0.2, -0.15) is 5.26 Å². The molecule has 0 saturated heterocycles. The summed E-state index contributed by atoms with van der Waals surface area (Å²) in [5.41, 5.74) is 7.95. The van der Waals surface area contributed by atoms with Crippen molar-refractivity contribution in [2.75, 3.05) is 12.4 Å². The number of benzene rings is 2. The molecule has 96 valence electrons. The van der Waals surface area contributed by atoms with Crippen LogP contribution >= 0.6 is 0 Å². The third-order valence-electron chi connectivity index (χ3n) is 3.45. The fourth-order valence-corrected chi connectivity index (χ4v) is 2.55. The highest BCUT2D eigenvalue weighted by Gasteiger charge is 2.10. The first-order chi connectivity index (χ1) is 9.06. The van der Waals surface area contributed by atoms with E-state index in [0.717, 1.165) is 11.3 Å². The Bertz CT molecular complexity index is 640. The van der Waals surface area contributed by atoms with Crippen LogP contribution in [0.5, 0.6) is 0 Å². The molecule has 2 heteroatoms. The maximum atomic E-state index is 8.94. The lowest BCUT2D eigenvalue weighted by Crippen LogP contribution is -1.95. The number of nitrogens with zero attached hydrogens (tertiary/aromatic N) is 1. The fourth-order valence-electron chi connectivity index (χ4n) is 2.55. The molecule has 2 nitrogen and oxygen atoms in total. The Morgan fingerprint density at radius 1 is 0.947 bits per heavy atom. The largest absolute Gasteiger partial charge is 0.388 e. The summed E-state index contributed by atoms with van der Waals surface area (Å²) in [5, 5.41) is 12.1. The van der Waals surface area contributed by atoms with E-state index in [1.807, 2.05) is 25.2 Å². The lowest BCUT2D eigenvalue weighted by molar-refractivity contribution is 1.33. The summed E-state index contributed by atoms with van der Waals surface area (Å²) in [7, 11) is 1.93. The zero-order valence-corrected chi connectivity index (χ0v) is 11.8. The van der Waals surface area contributed by atoms with Crippen molar-refractivity contribution in [1.82, 2.24) is 0 Å². The van der Waals surface area contributed by atoms with E-state index < -0.39 is 0 Å². The van der Waals surface area contributed by atoms with E-state index in [1.165, 1.54) is 22.3 Å². The number of hydrogen-bond donors (Lipinski definition) is 1. The molecule has 0 aromatic heterocycles. The SMILES string of the molecule is CNc1cc(C)c(-c2ccc(C#N)cc2C)c(C)c1. The normalized spacial score (nSPS) is 10.1. The molecule has 0 amide bonds. The van der Waals surface area contributed by atoms with Gasteiger partial charge in [-0.1, -0.05) is 6.07 Å². The monoisotopic (exact) mass is 250 g/mol. The third kappa shape index (κ3) is 2.46. The topological polar surface area (TPSA) is 35.8 Å². The Labute approximate surface area is 114 Å². The molecular formula is C17H18N2. The molecule has 19 heavy (non-hydrogen) atoms. The van der Waals surface area contributed by atoms with Gasteiger partial charge in [-0.25, -0.2) is 0 Å². The number of rotatable bonds is 2. The number of nitriles is 1. The van der Waals surface area contributed by atoms with Gasteiger partial charge in [-0.05, 0) is 72.9 Å². The molecule has 0 spiro atoms. The van der Waals surface area contributed by atoms with E-state index >= 15 is 0 Å². The van der Waals surface area contributed by atoms with Crippen molar-refractivity contribution in [2.24, 2.45) is 0 Å². The van der Waals surface area contributed by atoms with Crippen LogP contribution in [0.15, 0.2) is 30.3 Å². The lowest BCUT2D eigenvalue weighted by Gasteiger charge is -2.15. The van der Waals surface area contributed by atoms with Gasteiger partial charge in [-0.15, -0.1) is 0 Å². The van der Waals surface area contributed by atoms with Crippen LogP contribution in [0.2, 0.25) is 0 Å². The minimum atomic E-state index is 0.711. The Kier molecular flexibility index (Phi) is 3.57. The van der Waals surface area contributed by atoms with E-state index in [2.05, 4.69) is 44.3 Å². The molecule has 0 bridgehead atoms. The zero-order valence-electron chi connectivity index (χ0n) is 11.8. The first-order valence-electron chi connectivity index (χ1n) is 6.37. The molecule has 0 aliphatic heterocycles. The van der Waals surface area contributed by atoms with Gasteiger partial charge < -0.3 is 5.32 Å². The van der Waals surface area contributed by atoms with Gasteiger partial charge in [-0.3, -0.25) is 0 Å². The maximum Gasteiger partial charge on any atom is 0.0991 e. The van der Waals surface area contributed by atoms with Crippen LogP contribution in [0.1, 0.15) is 22.3 Å². The second-order valence-electron chi connectivity index (χ2n) is 4.88.